The van der Waals surface area contributed by atoms with Crippen molar-refractivity contribution in [2.45, 2.75) is 58.7 Å². The van der Waals surface area contributed by atoms with E-state index in [1.807, 2.05) is 13.8 Å². The summed E-state index contributed by atoms with van der Waals surface area (Å²) in [5.74, 6) is -0.440. The lowest BCUT2D eigenvalue weighted by atomic mass is 10.2. The molecule has 0 saturated carbocycles. The van der Waals surface area contributed by atoms with Crippen molar-refractivity contribution in [2.75, 3.05) is 0 Å². The lowest BCUT2D eigenvalue weighted by molar-refractivity contribution is 0.0378. The first-order valence-corrected chi connectivity index (χ1v) is 8.99. The van der Waals surface area contributed by atoms with Gasteiger partial charge in [-0.1, -0.05) is 30.3 Å². The molecule has 4 nitrogen and oxygen atoms in total. The average Bonchev–Trinajstić information content (AvgIpc) is 2.46. The molecule has 0 aliphatic rings. The normalized spacial score (nSPS) is 13.0. The van der Waals surface area contributed by atoms with Gasteiger partial charge < -0.3 is 9.47 Å². The number of carbonyl (C=O) groups excluding carboxylic acids is 1. The molecule has 1 atom stereocenters. The molecule has 23 heavy (non-hydrogen) atoms. The molecule has 1 aromatic carbocycles. The van der Waals surface area contributed by atoms with Crippen molar-refractivity contribution in [1.82, 2.24) is 0 Å². The van der Waals surface area contributed by atoms with E-state index in [9.17, 15) is 4.79 Å². The van der Waals surface area contributed by atoms with Crippen molar-refractivity contribution < 1.29 is 14.3 Å². The van der Waals surface area contributed by atoms with Gasteiger partial charge in [-0.2, -0.15) is 0 Å². The molecule has 0 amide bonds. The minimum atomic E-state index is -0.440. The van der Waals surface area contributed by atoms with E-state index >= 15 is 0 Å². The molecule has 0 spiro atoms. The van der Waals surface area contributed by atoms with Gasteiger partial charge in [0.2, 0.25) is 0 Å². The Balaban J connectivity index is 2.77. The molecular weight excluding hydrogens is 334 g/mol. The largest absolute Gasteiger partial charge is 0.459 e. The maximum absolute atomic E-state index is 12.0. The lowest BCUT2D eigenvalue weighted by Crippen LogP contribution is -2.13. The quantitative estimate of drug-likeness (QED) is 0.268. The summed E-state index contributed by atoms with van der Waals surface area (Å²) in [6.07, 6.45) is 0.870. The molecule has 1 rings (SSSR count). The number of hydrogen-bond donors (Lipinski definition) is 0. The first-order valence-electron chi connectivity index (χ1n) is 7.67. The van der Waals surface area contributed by atoms with E-state index in [0.29, 0.717) is 16.3 Å². The van der Waals surface area contributed by atoms with Crippen LogP contribution in [0.5, 0.6) is 0 Å². The van der Waals surface area contributed by atoms with Crippen LogP contribution in [0.4, 0.5) is 5.69 Å². The Labute approximate surface area is 147 Å². The van der Waals surface area contributed by atoms with Crippen LogP contribution in [-0.2, 0) is 9.47 Å². The van der Waals surface area contributed by atoms with Crippen molar-refractivity contribution in [3.63, 3.8) is 0 Å². The van der Waals surface area contributed by atoms with Crippen LogP contribution < -0.4 is 0 Å². The van der Waals surface area contributed by atoms with Crippen molar-refractivity contribution in [3.05, 3.63) is 28.8 Å². The van der Waals surface area contributed by atoms with E-state index in [1.165, 1.54) is 11.8 Å². The van der Waals surface area contributed by atoms with Crippen LogP contribution in [0.2, 0.25) is 5.02 Å². The molecule has 0 aliphatic carbocycles. The van der Waals surface area contributed by atoms with E-state index < -0.39 is 5.97 Å². The van der Waals surface area contributed by atoms with E-state index in [2.05, 4.69) is 11.9 Å². The predicted molar refractivity (Wildman–Crippen MR) is 98.0 cm³/mol. The third kappa shape index (κ3) is 7.38. The molecule has 0 bridgehead atoms. The summed E-state index contributed by atoms with van der Waals surface area (Å²) >= 11 is 7.57. The van der Waals surface area contributed by atoms with Crippen LogP contribution in [0.15, 0.2) is 23.2 Å². The minimum absolute atomic E-state index is 0.0661. The van der Waals surface area contributed by atoms with Crippen molar-refractivity contribution in [1.29, 1.82) is 0 Å². The fourth-order valence-electron chi connectivity index (χ4n) is 1.71. The number of carbonyl (C=O) groups is 1. The Hall–Kier alpha value is -1.04. The average molecular weight is 358 g/mol. The van der Waals surface area contributed by atoms with Gasteiger partial charge in [0.15, 0.2) is 0 Å². The molecule has 0 aliphatic heterocycles. The van der Waals surface area contributed by atoms with Gasteiger partial charge in [0.05, 0.1) is 34.0 Å². The zero-order valence-electron chi connectivity index (χ0n) is 14.2. The summed E-state index contributed by atoms with van der Waals surface area (Å²) in [4.78, 5) is 16.4. The topological polar surface area (TPSA) is 47.9 Å². The highest BCUT2D eigenvalue weighted by molar-refractivity contribution is 8.12. The van der Waals surface area contributed by atoms with Gasteiger partial charge >= 0.3 is 5.97 Å². The summed E-state index contributed by atoms with van der Waals surface area (Å²) in [5, 5.41) is 0.358. The Morgan fingerprint density at radius 2 is 2.00 bits per heavy atom. The Morgan fingerprint density at radius 3 is 2.57 bits per heavy atom. The Bertz CT molecular complexity index is 547. The minimum Gasteiger partial charge on any atom is -0.459 e. The highest BCUT2D eigenvalue weighted by Crippen LogP contribution is 2.24. The summed E-state index contributed by atoms with van der Waals surface area (Å²) in [6, 6.07) is 5.04. The van der Waals surface area contributed by atoms with Gasteiger partial charge in [-0.25, -0.2) is 9.79 Å². The molecule has 0 N–H and O–H groups in total. The fourth-order valence-corrected chi connectivity index (χ4v) is 2.71. The van der Waals surface area contributed by atoms with Gasteiger partial charge in [-0.15, -0.1) is 0 Å². The van der Waals surface area contributed by atoms with Crippen molar-refractivity contribution in [2.24, 2.45) is 4.99 Å². The van der Waals surface area contributed by atoms with Crippen LogP contribution in [0, 0.1) is 0 Å². The molecular formula is C17H24ClNO3S. The van der Waals surface area contributed by atoms with Crippen molar-refractivity contribution >= 4 is 40.6 Å². The third-order valence-electron chi connectivity index (χ3n) is 2.68. The Morgan fingerprint density at radius 1 is 1.30 bits per heavy atom. The van der Waals surface area contributed by atoms with Crippen LogP contribution in [0.3, 0.4) is 0 Å². The van der Waals surface area contributed by atoms with Gasteiger partial charge in [0.1, 0.15) is 5.44 Å². The maximum atomic E-state index is 12.0. The number of benzene rings is 1. The maximum Gasteiger partial charge on any atom is 0.339 e. The second kappa shape index (κ2) is 9.96. The molecule has 0 fully saturated rings. The van der Waals surface area contributed by atoms with Gasteiger partial charge in [0.25, 0.3) is 0 Å². The first-order chi connectivity index (χ1) is 10.8. The number of ether oxygens (including phenoxy) is 2. The molecule has 1 unspecified atom stereocenters. The van der Waals surface area contributed by atoms with Gasteiger partial charge in [-0.05, 0) is 52.3 Å². The van der Waals surface area contributed by atoms with E-state index in [0.717, 1.165) is 6.42 Å². The first kappa shape index (κ1) is 20.0. The SMILES string of the molecule is CCC(OC(C)C)S/C=N/c1ccc(Cl)c(C(=O)OC(C)C)c1. The number of nitrogens with zero attached hydrogens (tertiary/aromatic N) is 1. The fraction of sp³-hybridized carbons (Fsp3) is 0.529. The number of thioether (sulfide) groups is 1. The van der Waals surface area contributed by atoms with E-state index in [-0.39, 0.29) is 17.6 Å². The third-order valence-corrected chi connectivity index (χ3v) is 3.99. The molecule has 0 radical (unpaired) electrons. The standard InChI is InChI=1S/C17H24ClNO3S/c1-6-16(21-11(2)3)23-10-19-13-7-8-15(18)14(9-13)17(20)22-12(4)5/h7-12,16H,6H2,1-5H3/b19-10+. The molecule has 0 heterocycles. The highest BCUT2D eigenvalue weighted by atomic mass is 35.5. The Kier molecular flexibility index (Phi) is 8.66. The monoisotopic (exact) mass is 357 g/mol. The summed E-state index contributed by atoms with van der Waals surface area (Å²) in [7, 11) is 0. The van der Waals surface area contributed by atoms with Gasteiger partial charge in [0, 0.05) is 0 Å². The number of esters is 1. The van der Waals surface area contributed by atoms with Crippen molar-refractivity contribution in [3.8, 4) is 0 Å². The second-order valence-corrected chi connectivity index (χ2v) is 6.93. The van der Waals surface area contributed by atoms with E-state index in [4.69, 9.17) is 21.1 Å². The lowest BCUT2D eigenvalue weighted by Gasteiger charge is -2.16. The van der Waals surface area contributed by atoms with Crippen LogP contribution in [0.25, 0.3) is 0 Å². The molecule has 6 heteroatoms. The van der Waals surface area contributed by atoms with E-state index in [1.54, 1.807) is 37.6 Å². The highest BCUT2D eigenvalue weighted by Gasteiger charge is 2.14. The van der Waals surface area contributed by atoms with Crippen LogP contribution in [0.1, 0.15) is 51.4 Å². The molecule has 0 aromatic heterocycles. The smallest absolute Gasteiger partial charge is 0.339 e. The number of hydrogen-bond acceptors (Lipinski definition) is 5. The summed E-state index contributed by atoms with van der Waals surface area (Å²) in [6.45, 7) is 9.67. The summed E-state index contributed by atoms with van der Waals surface area (Å²) in [5.41, 5.74) is 2.77. The zero-order valence-corrected chi connectivity index (χ0v) is 15.8. The van der Waals surface area contributed by atoms with Crippen LogP contribution >= 0.6 is 23.4 Å². The van der Waals surface area contributed by atoms with Crippen LogP contribution in [-0.4, -0.2) is 29.2 Å². The molecule has 128 valence electrons. The number of aliphatic imine (C=N–C) groups is 1. The molecule has 0 saturated heterocycles. The zero-order chi connectivity index (χ0) is 17.4. The predicted octanol–water partition coefficient (Wildman–Crippen LogP) is 5.46. The number of halogens is 1. The number of rotatable bonds is 8. The van der Waals surface area contributed by atoms with Gasteiger partial charge in [-0.3, -0.25) is 0 Å². The summed E-state index contributed by atoms with van der Waals surface area (Å²) < 4.78 is 10.9. The molecule has 1 aromatic rings. The second-order valence-electron chi connectivity index (χ2n) is 5.51.